The van der Waals surface area contributed by atoms with Gasteiger partial charge in [-0.1, -0.05) is 0 Å². The van der Waals surface area contributed by atoms with Crippen LogP contribution in [0.2, 0.25) is 19.6 Å². The predicted octanol–water partition coefficient (Wildman–Crippen LogP) is 1.84. The van der Waals surface area contributed by atoms with Crippen molar-refractivity contribution in [1.82, 2.24) is 0 Å². The number of carbonyl (C=O) groups is 1. The summed E-state index contributed by atoms with van der Waals surface area (Å²) < 4.78 is 9.82. The predicted molar refractivity (Wildman–Crippen MR) is 63.3 cm³/mol. The van der Waals surface area contributed by atoms with Crippen molar-refractivity contribution in [2.24, 2.45) is 5.16 Å². The minimum Gasteiger partial charge on any atom is -0.465 e. The van der Waals surface area contributed by atoms with Crippen LogP contribution in [0.4, 0.5) is 0 Å². The largest absolute Gasteiger partial charge is 0.465 e. The van der Waals surface area contributed by atoms with Gasteiger partial charge in [-0.25, -0.2) is 4.79 Å². The molecule has 0 spiro atoms. The number of oxime groups is 1. The first-order chi connectivity index (χ1) is 7.31. The van der Waals surface area contributed by atoms with E-state index in [1.165, 1.54) is 7.11 Å². The van der Waals surface area contributed by atoms with E-state index in [2.05, 4.69) is 9.89 Å². The van der Waals surface area contributed by atoms with E-state index in [0.29, 0.717) is 5.71 Å². The summed E-state index contributed by atoms with van der Waals surface area (Å²) in [4.78, 5) is 11.3. The molecular formula is C10H16N2O3Si. The zero-order valence-corrected chi connectivity index (χ0v) is 11.2. The Balaban J connectivity index is 4.92. The topological polar surface area (TPSA) is 71.7 Å². The van der Waals surface area contributed by atoms with E-state index in [-0.39, 0.29) is 5.57 Å². The first-order valence-electron chi connectivity index (χ1n) is 4.73. The van der Waals surface area contributed by atoms with Crippen LogP contribution in [0.5, 0.6) is 0 Å². The Labute approximate surface area is 96.5 Å². The van der Waals surface area contributed by atoms with Gasteiger partial charge in [0.25, 0.3) is 8.32 Å². The third-order valence-corrected chi connectivity index (χ3v) is 2.10. The maximum Gasteiger partial charge on any atom is 0.340 e. The van der Waals surface area contributed by atoms with Crippen molar-refractivity contribution in [3.05, 3.63) is 11.6 Å². The van der Waals surface area contributed by atoms with Gasteiger partial charge < -0.3 is 9.26 Å². The Hall–Kier alpha value is -1.61. The van der Waals surface area contributed by atoms with Gasteiger partial charge in [0.1, 0.15) is 0 Å². The number of methoxy groups -OCH3 is 1. The smallest absolute Gasteiger partial charge is 0.340 e. The second-order valence-electron chi connectivity index (χ2n) is 4.06. The standard InChI is InChI=1S/C10H16N2O3Si/c1-8(12-15-16(3,4)5)9(6-7-11)10(13)14-2/h6H,1-5H3/b9-6-,12-8+. The molecule has 5 nitrogen and oxygen atoms in total. The molecule has 0 bridgehead atoms. The summed E-state index contributed by atoms with van der Waals surface area (Å²) >= 11 is 0. The molecule has 0 saturated heterocycles. The molecule has 0 radical (unpaired) electrons. The highest BCUT2D eigenvalue weighted by molar-refractivity contribution is 6.69. The third-order valence-electron chi connectivity index (χ3n) is 1.46. The molecule has 0 atom stereocenters. The molecule has 88 valence electrons. The highest BCUT2D eigenvalue weighted by Crippen LogP contribution is 2.07. The van der Waals surface area contributed by atoms with Gasteiger partial charge in [-0.05, 0) is 26.6 Å². The summed E-state index contributed by atoms with van der Waals surface area (Å²) in [5, 5.41) is 12.4. The molecule has 0 unspecified atom stereocenters. The highest BCUT2D eigenvalue weighted by Gasteiger charge is 2.18. The van der Waals surface area contributed by atoms with E-state index in [4.69, 9.17) is 9.79 Å². The fourth-order valence-corrected chi connectivity index (χ4v) is 1.15. The highest BCUT2D eigenvalue weighted by atomic mass is 28.4. The lowest BCUT2D eigenvalue weighted by atomic mass is 10.2. The first-order valence-corrected chi connectivity index (χ1v) is 8.14. The van der Waals surface area contributed by atoms with Crippen molar-refractivity contribution in [3.8, 4) is 6.07 Å². The van der Waals surface area contributed by atoms with Gasteiger partial charge in [0, 0.05) is 6.08 Å². The van der Waals surface area contributed by atoms with E-state index in [0.717, 1.165) is 6.08 Å². The van der Waals surface area contributed by atoms with Crippen molar-refractivity contribution >= 4 is 20.0 Å². The molecule has 0 rings (SSSR count). The van der Waals surface area contributed by atoms with Crippen LogP contribution in [0.1, 0.15) is 6.92 Å². The van der Waals surface area contributed by atoms with Crippen LogP contribution < -0.4 is 0 Å². The lowest BCUT2D eigenvalue weighted by Crippen LogP contribution is -2.23. The number of hydrogen-bond donors (Lipinski definition) is 0. The molecule has 16 heavy (non-hydrogen) atoms. The Kier molecular flexibility index (Phi) is 5.46. The minimum absolute atomic E-state index is 0.114. The van der Waals surface area contributed by atoms with Crippen molar-refractivity contribution in [1.29, 1.82) is 5.26 Å². The van der Waals surface area contributed by atoms with Crippen LogP contribution in [-0.2, 0) is 14.1 Å². The minimum atomic E-state index is -1.78. The quantitative estimate of drug-likeness (QED) is 0.188. The zero-order valence-electron chi connectivity index (χ0n) is 10.2. The average Bonchev–Trinajstić information content (AvgIpc) is 2.20. The summed E-state index contributed by atoms with van der Waals surface area (Å²) in [6, 6.07) is 1.77. The normalized spacial score (nSPS) is 13.0. The Morgan fingerprint density at radius 1 is 1.44 bits per heavy atom. The molecule has 0 fully saturated rings. The molecule has 0 aromatic carbocycles. The Morgan fingerprint density at radius 2 is 2.00 bits per heavy atom. The summed E-state index contributed by atoms with van der Waals surface area (Å²) in [7, 11) is -0.533. The van der Waals surface area contributed by atoms with Gasteiger partial charge in [0.15, 0.2) is 0 Å². The lowest BCUT2D eigenvalue weighted by Gasteiger charge is -2.14. The van der Waals surface area contributed by atoms with Crippen molar-refractivity contribution in [3.63, 3.8) is 0 Å². The number of esters is 1. The fourth-order valence-electron chi connectivity index (χ4n) is 0.740. The summed E-state index contributed by atoms with van der Waals surface area (Å²) in [6.45, 7) is 7.50. The second-order valence-corrected chi connectivity index (χ2v) is 8.47. The van der Waals surface area contributed by atoms with Gasteiger partial charge in [0.05, 0.1) is 24.5 Å². The fraction of sp³-hybridized carbons (Fsp3) is 0.500. The molecule has 0 heterocycles. The van der Waals surface area contributed by atoms with Crippen molar-refractivity contribution in [2.45, 2.75) is 26.6 Å². The number of nitriles is 1. The zero-order chi connectivity index (χ0) is 12.8. The molecule has 0 aromatic rings. The van der Waals surface area contributed by atoms with E-state index >= 15 is 0 Å². The maximum atomic E-state index is 11.3. The molecule has 0 amide bonds. The van der Waals surface area contributed by atoms with Crippen molar-refractivity contribution in [2.75, 3.05) is 7.11 Å². The number of carbonyl (C=O) groups excluding carboxylic acids is 1. The molecular weight excluding hydrogens is 224 g/mol. The number of hydrogen-bond acceptors (Lipinski definition) is 5. The van der Waals surface area contributed by atoms with E-state index in [9.17, 15) is 4.79 Å². The second kappa shape index (κ2) is 6.08. The Bertz CT molecular complexity index is 361. The molecule has 0 aliphatic heterocycles. The van der Waals surface area contributed by atoms with Gasteiger partial charge in [-0.2, -0.15) is 5.26 Å². The molecule has 0 saturated carbocycles. The van der Waals surface area contributed by atoms with Crippen LogP contribution in [-0.4, -0.2) is 27.1 Å². The molecule has 0 N–H and O–H groups in total. The summed E-state index contributed by atoms with van der Waals surface area (Å²) in [6.07, 6.45) is 1.10. The number of ether oxygens (including phenoxy) is 1. The van der Waals surface area contributed by atoms with Crippen LogP contribution >= 0.6 is 0 Å². The Morgan fingerprint density at radius 3 is 2.38 bits per heavy atom. The van der Waals surface area contributed by atoms with Crippen molar-refractivity contribution < 1.29 is 14.1 Å². The van der Waals surface area contributed by atoms with E-state index < -0.39 is 14.3 Å². The summed E-state index contributed by atoms with van der Waals surface area (Å²) in [5.41, 5.74) is 0.457. The number of allylic oxidation sites excluding steroid dienone is 1. The average molecular weight is 240 g/mol. The molecule has 6 heteroatoms. The third kappa shape index (κ3) is 5.31. The lowest BCUT2D eigenvalue weighted by molar-refractivity contribution is -0.135. The SMILES string of the molecule is COC(=O)C(=C\C#N)/C(C)=N/O[Si](C)(C)C. The van der Waals surface area contributed by atoms with Gasteiger partial charge in [0.2, 0.25) is 0 Å². The van der Waals surface area contributed by atoms with Gasteiger partial charge in [-0.3, -0.25) is 0 Å². The number of nitrogens with zero attached hydrogens (tertiary/aromatic N) is 2. The number of rotatable bonds is 4. The maximum absolute atomic E-state index is 11.3. The molecule has 0 aliphatic rings. The van der Waals surface area contributed by atoms with E-state index in [1.807, 2.05) is 19.6 Å². The van der Waals surface area contributed by atoms with Crippen LogP contribution in [0, 0.1) is 11.3 Å². The van der Waals surface area contributed by atoms with E-state index in [1.54, 1.807) is 13.0 Å². The van der Waals surface area contributed by atoms with Crippen LogP contribution in [0.25, 0.3) is 0 Å². The van der Waals surface area contributed by atoms with Gasteiger partial charge in [-0.15, -0.1) is 5.16 Å². The summed E-state index contributed by atoms with van der Waals surface area (Å²) in [5.74, 6) is -0.595. The molecule has 0 aliphatic carbocycles. The monoisotopic (exact) mass is 240 g/mol. The first kappa shape index (κ1) is 14.4. The van der Waals surface area contributed by atoms with Crippen LogP contribution in [0.15, 0.2) is 16.8 Å². The van der Waals surface area contributed by atoms with Gasteiger partial charge >= 0.3 is 5.97 Å². The molecule has 0 aromatic heterocycles. The van der Waals surface area contributed by atoms with Crippen LogP contribution in [0.3, 0.4) is 0 Å².